The van der Waals surface area contributed by atoms with Gasteiger partial charge in [-0.3, -0.25) is 10.2 Å². The lowest BCUT2D eigenvalue weighted by molar-refractivity contribution is 0.103. The van der Waals surface area contributed by atoms with Crippen LogP contribution in [-0.2, 0) is 0 Å². The molecule has 0 saturated carbocycles. The van der Waals surface area contributed by atoms with Crippen molar-refractivity contribution in [3.8, 4) is 0 Å². The fourth-order valence-electron chi connectivity index (χ4n) is 2.91. The monoisotopic (exact) mass is 511 g/mol. The second kappa shape index (κ2) is 10.9. The van der Waals surface area contributed by atoms with E-state index in [1.54, 1.807) is 42.6 Å². The highest BCUT2D eigenvalue weighted by atomic mass is 35.5. The number of hydrogen-bond donors (Lipinski definition) is 1. The molecule has 0 aliphatic heterocycles. The van der Waals surface area contributed by atoms with Gasteiger partial charge in [0.2, 0.25) is 0 Å². The molecule has 8 heteroatoms. The Morgan fingerprint density at radius 3 is 2.18 bits per heavy atom. The second-order valence-electron chi connectivity index (χ2n) is 6.87. The molecule has 4 nitrogen and oxygen atoms in total. The molecule has 3 aromatic carbocycles. The van der Waals surface area contributed by atoms with Crippen LogP contribution >= 0.6 is 46.6 Å². The number of ketones is 1. The molecule has 4 rings (SSSR count). The smallest absolute Gasteiger partial charge is 0.194 e. The van der Waals surface area contributed by atoms with Crippen LogP contribution in [0.1, 0.15) is 21.5 Å². The first kappa shape index (κ1) is 23.3. The maximum Gasteiger partial charge on any atom is 0.194 e. The number of benzene rings is 3. The first-order chi connectivity index (χ1) is 16.0. The Labute approximate surface area is 210 Å². The minimum absolute atomic E-state index is 0.127. The summed E-state index contributed by atoms with van der Waals surface area (Å²) in [5.74, 6) is -0.127. The molecule has 33 heavy (non-hydrogen) atoms. The number of aromatic nitrogens is 1. The zero-order chi connectivity index (χ0) is 23.2. The minimum atomic E-state index is -0.127. The molecular formula is C25H16Cl3N3OS. The molecule has 0 aliphatic carbocycles. The molecule has 0 atom stereocenters. The van der Waals surface area contributed by atoms with Crippen molar-refractivity contribution in [3.05, 3.63) is 117 Å². The van der Waals surface area contributed by atoms with Gasteiger partial charge in [0.1, 0.15) is 5.15 Å². The maximum atomic E-state index is 12.6. The fraction of sp³-hybridized carbons (Fsp3) is 0. The average Bonchev–Trinajstić information content (AvgIpc) is 2.83. The quantitative estimate of drug-likeness (QED) is 0.118. The van der Waals surface area contributed by atoms with Gasteiger partial charge in [-0.2, -0.15) is 5.10 Å². The first-order valence-electron chi connectivity index (χ1n) is 9.77. The summed E-state index contributed by atoms with van der Waals surface area (Å²) in [6, 6.07) is 23.7. The molecule has 1 aromatic heterocycles. The molecule has 1 N–H and O–H groups in total. The number of pyridine rings is 1. The summed E-state index contributed by atoms with van der Waals surface area (Å²) in [5.41, 5.74) is 5.63. The second-order valence-corrected chi connectivity index (χ2v) is 9.16. The number of carbonyl (C=O) groups excluding carboxylic acids is 1. The zero-order valence-electron chi connectivity index (χ0n) is 17.0. The topological polar surface area (TPSA) is 54.4 Å². The lowest BCUT2D eigenvalue weighted by atomic mass is 10.1. The van der Waals surface area contributed by atoms with Crippen molar-refractivity contribution in [2.24, 2.45) is 5.10 Å². The van der Waals surface area contributed by atoms with Crippen molar-refractivity contribution >= 4 is 64.2 Å². The SMILES string of the molecule is O=C(c1ccc(Sc2c(Cl)cc(NN=Cc3ccccc3)cc2Cl)cc1)c1ccc(Cl)nc1. The lowest BCUT2D eigenvalue weighted by Crippen LogP contribution is -2.01. The van der Waals surface area contributed by atoms with Crippen molar-refractivity contribution in [1.82, 2.24) is 4.98 Å². The van der Waals surface area contributed by atoms with Crippen LogP contribution in [-0.4, -0.2) is 17.0 Å². The molecule has 0 unspecified atom stereocenters. The van der Waals surface area contributed by atoms with Crippen LogP contribution in [0.2, 0.25) is 15.2 Å². The summed E-state index contributed by atoms with van der Waals surface area (Å²) in [4.78, 5) is 18.2. The van der Waals surface area contributed by atoms with E-state index in [-0.39, 0.29) is 5.78 Å². The fourth-order valence-corrected chi connectivity index (χ4v) is 4.56. The van der Waals surface area contributed by atoms with Gasteiger partial charge in [-0.25, -0.2) is 4.98 Å². The lowest BCUT2D eigenvalue weighted by Gasteiger charge is -2.10. The Bertz CT molecular complexity index is 1270. The van der Waals surface area contributed by atoms with E-state index in [0.29, 0.717) is 32.0 Å². The summed E-state index contributed by atoms with van der Waals surface area (Å²) < 4.78 is 0. The molecule has 0 saturated heterocycles. The molecule has 164 valence electrons. The van der Waals surface area contributed by atoms with Crippen LogP contribution in [0.4, 0.5) is 5.69 Å². The number of hydrogen-bond acceptors (Lipinski definition) is 5. The number of hydrazone groups is 1. The predicted molar refractivity (Wildman–Crippen MR) is 137 cm³/mol. The van der Waals surface area contributed by atoms with Crippen LogP contribution in [0.5, 0.6) is 0 Å². The van der Waals surface area contributed by atoms with E-state index in [2.05, 4.69) is 15.5 Å². The highest BCUT2D eigenvalue weighted by Gasteiger charge is 2.13. The Hall–Kier alpha value is -2.83. The Morgan fingerprint density at radius 1 is 0.879 bits per heavy atom. The van der Waals surface area contributed by atoms with Crippen molar-refractivity contribution in [3.63, 3.8) is 0 Å². The molecule has 0 bridgehead atoms. The van der Waals surface area contributed by atoms with E-state index in [1.807, 2.05) is 42.5 Å². The molecule has 0 spiro atoms. The van der Waals surface area contributed by atoms with E-state index in [9.17, 15) is 4.79 Å². The average molecular weight is 513 g/mol. The summed E-state index contributed by atoms with van der Waals surface area (Å²) >= 11 is 20.2. The molecule has 0 fully saturated rings. The molecule has 0 amide bonds. The van der Waals surface area contributed by atoms with Gasteiger partial charge in [0, 0.05) is 27.1 Å². The van der Waals surface area contributed by atoms with Crippen LogP contribution in [0.25, 0.3) is 0 Å². The van der Waals surface area contributed by atoms with Gasteiger partial charge in [-0.15, -0.1) is 0 Å². The highest BCUT2D eigenvalue weighted by molar-refractivity contribution is 7.99. The van der Waals surface area contributed by atoms with E-state index in [1.165, 1.54) is 18.0 Å². The van der Waals surface area contributed by atoms with Crippen molar-refractivity contribution in [1.29, 1.82) is 0 Å². The van der Waals surface area contributed by atoms with Gasteiger partial charge in [0.15, 0.2) is 5.78 Å². The maximum absolute atomic E-state index is 12.6. The Kier molecular flexibility index (Phi) is 7.68. The zero-order valence-corrected chi connectivity index (χ0v) is 20.1. The van der Waals surface area contributed by atoms with Gasteiger partial charge < -0.3 is 0 Å². The number of nitrogens with one attached hydrogen (secondary N) is 1. The number of anilines is 1. The summed E-state index contributed by atoms with van der Waals surface area (Å²) in [5, 5.41) is 5.56. The summed E-state index contributed by atoms with van der Waals surface area (Å²) in [6.45, 7) is 0. The van der Waals surface area contributed by atoms with E-state index < -0.39 is 0 Å². The van der Waals surface area contributed by atoms with E-state index >= 15 is 0 Å². The highest BCUT2D eigenvalue weighted by Crippen LogP contribution is 2.40. The Balaban J connectivity index is 1.44. The van der Waals surface area contributed by atoms with Crippen molar-refractivity contribution in [2.45, 2.75) is 9.79 Å². The van der Waals surface area contributed by atoms with Crippen LogP contribution in [0.3, 0.4) is 0 Å². The van der Waals surface area contributed by atoms with Crippen LogP contribution < -0.4 is 5.43 Å². The van der Waals surface area contributed by atoms with Crippen LogP contribution in [0.15, 0.2) is 100.0 Å². The standard InChI is InChI=1S/C25H16Cl3N3OS/c26-21-12-19(31-30-14-16-4-2-1-3-5-16)13-22(27)25(21)33-20-9-6-17(7-10-20)24(32)18-8-11-23(28)29-15-18/h1-15,31H. The predicted octanol–water partition coefficient (Wildman–Crippen LogP) is 7.87. The number of carbonyl (C=O) groups is 1. The van der Waals surface area contributed by atoms with Gasteiger partial charge in [-0.05, 0) is 54.1 Å². The van der Waals surface area contributed by atoms with E-state index in [0.717, 1.165) is 15.4 Å². The van der Waals surface area contributed by atoms with Gasteiger partial charge in [0.25, 0.3) is 0 Å². The third kappa shape index (κ3) is 6.15. The molecule has 4 aromatic rings. The van der Waals surface area contributed by atoms with E-state index in [4.69, 9.17) is 34.8 Å². The third-order valence-corrected chi connectivity index (χ3v) is 6.73. The number of halogens is 3. The van der Waals surface area contributed by atoms with Gasteiger partial charge in [0.05, 0.1) is 21.9 Å². The number of rotatable bonds is 7. The van der Waals surface area contributed by atoms with Crippen molar-refractivity contribution < 1.29 is 4.79 Å². The first-order valence-corrected chi connectivity index (χ1v) is 11.7. The molecule has 0 aliphatic rings. The number of nitrogens with zero attached hydrogens (tertiary/aromatic N) is 2. The molecule has 0 radical (unpaired) electrons. The normalized spacial score (nSPS) is 11.0. The van der Waals surface area contributed by atoms with Gasteiger partial charge >= 0.3 is 0 Å². The third-order valence-electron chi connectivity index (χ3n) is 4.53. The summed E-state index contributed by atoms with van der Waals surface area (Å²) in [7, 11) is 0. The largest absolute Gasteiger partial charge is 0.289 e. The van der Waals surface area contributed by atoms with Crippen LogP contribution in [0, 0.1) is 0 Å². The van der Waals surface area contributed by atoms with Crippen molar-refractivity contribution in [2.75, 3.05) is 5.43 Å². The minimum Gasteiger partial charge on any atom is -0.289 e. The molecule has 1 heterocycles. The molecular weight excluding hydrogens is 497 g/mol. The Morgan fingerprint density at radius 2 is 1.55 bits per heavy atom. The summed E-state index contributed by atoms with van der Waals surface area (Å²) in [6.07, 6.45) is 3.18. The van der Waals surface area contributed by atoms with Gasteiger partial charge in [-0.1, -0.05) is 76.9 Å².